The van der Waals surface area contributed by atoms with E-state index in [1.54, 1.807) is 37.2 Å². The van der Waals surface area contributed by atoms with Crippen molar-refractivity contribution in [3.63, 3.8) is 0 Å². The third kappa shape index (κ3) is 7.12. The number of aliphatic hydroxyl groups excluding tert-OH is 3. The maximum Gasteiger partial charge on any atom is 0.129 e. The Morgan fingerprint density at radius 2 is 1.15 bits per heavy atom. The summed E-state index contributed by atoms with van der Waals surface area (Å²) in [5, 5.41) is 55.5. The molecular formula is C54H68F2N4O6. The number of hydrogen-bond acceptors (Lipinski definition) is 8. The zero-order valence-corrected chi connectivity index (χ0v) is 38.2. The Kier molecular flexibility index (Phi) is 11.5. The van der Waals surface area contributed by atoms with Gasteiger partial charge in [0, 0.05) is 42.1 Å². The summed E-state index contributed by atoms with van der Waals surface area (Å²) >= 11 is 0. The van der Waals surface area contributed by atoms with E-state index in [-0.39, 0.29) is 64.8 Å². The first-order valence-electron chi connectivity index (χ1n) is 25.1. The first-order valence-corrected chi connectivity index (χ1v) is 25.1. The van der Waals surface area contributed by atoms with Crippen LogP contribution in [0.1, 0.15) is 132 Å². The molecule has 15 rings (SSSR count). The van der Waals surface area contributed by atoms with Gasteiger partial charge in [0.2, 0.25) is 0 Å². The lowest BCUT2D eigenvalue weighted by atomic mass is 9.42. The lowest BCUT2D eigenvalue weighted by Crippen LogP contribution is -2.63. The Hall–Kier alpha value is -3.78. The van der Waals surface area contributed by atoms with Crippen LogP contribution in [-0.4, -0.2) is 87.9 Å². The molecule has 12 heteroatoms. The lowest BCUT2D eigenvalue weighted by Gasteiger charge is -2.65. The van der Waals surface area contributed by atoms with Crippen molar-refractivity contribution in [1.82, 2.24) is 19.1 Å². The second-order valence-corrected chi connectivity index (χ2v) is 22.3. The highest BCUT2D eigenvalue weighted by Crippen LogP contribution is 2.68. The molecule has 0 radical (unpaired) electrons. The average Bonchev–Trinajstić information content (AvgIpc) is 4.16. The predicted molar refractivity (Wildman–Crippen MR) is 246 cm³/mol. The fraction of sp³-hybridized carbons (Fsp3) is 0.630. The van der Waals surface area contributed by atoms with Gasteiger partial charge in [0.1, 0.15) is 11.6 Å². The molecule has 5 N–H and O–H groups in total. The Morgan fingerprint density at radius 1 is 0.697 bits per heavy atom. The molecule has 2 aromatic heterocycles. The smallest absolute Gasteiger partial charge is 0.129 e. The number of nitrogens with zero attached hydrogens (tertiary/aromatic N) is 4. The van der Waals surface area contributed by atoms with E-state index in [0.717, 1.165) is 99.9 Å². The van der Waals surface area contributed by atoms with Gasteiger partial charge in [-0.1, -0.05) is 30.3 Å². The number of ether oxygens (including phenoxy) is 1. The van der Waals surface area contributed by atoms with Crippen LogP contribution in [0.2, 0.25) is 0 Å². The first-order chi connectivity index (χ1) is 31.9. The average molecular weight is 907 g/mol. The maximum atomic E-state index is 14.8. The minimum absolute atomic E-state index is 0.110. The van der Waals surface area contributed by atoms with E-state index in [9.17, 15) is 34.3 Å². The summed E-state index contributed by atoms with van der Waals surface area (Å²) in [7, 11) is 0. The van der Waals surface area contributed by atoms with Crippen LogP contribution in [0.3, 0.4) is 0 Å². The summed E-state index contributed by atoms with van der Waals surface area (Å²) in [4.78, 5) is 8.55. The molecule has 8 saturated carbocycles. The SMILES string of the molecule is C1CCOC1.C=CCC1(O)C2CC3CC1CC(C(O)CC1c4c(F)cccc4-c4cncn41)(C3)C2.OCCCC1(O)C2CC3CC1CC(C(O)CC1c4c(F)cccc4-c4cncn41)(C3)C2. The van der Waals surface area contributed by atoms with Gasteiger partial charge >= 0.3 is 0 Å². The van der Waals surface area contributed by atoms with Gasteiger partial charge < -0.3 is 39.4 Å². The summed E-state index contributed by atoms with van der Waals surface area (Å²) in [6.07, 6.45) is 22.9. The standard InChI is InChI=1S/C25H31FN2O3.C25H29FN2O2.C4H8O/c26-19-4-1-3-18-21-13-27-14-28(21)20(23(18)19)9-22(30)24-10-15-7-16(11-24)25(31,5-2-6-29)17(8-15)12-24;1-2-6-25(30)16-7-15-8-17(25)12-24(10-15,11-16)22(29)9-20-23-18(4-3-5-19(23)26)21-13-27-14-28(20)21;1-2-4-5-3-1/h1,3-4,13-17,20,22,29-31H,2,5-12H2;2-5,13-17,20,22,29-30H,1,6-12H2;1-4H2. The van der Waals surface area contributed by atoms with Crippen molar-refractivity contribution in [3.05, 3.63) is 96.9 Å². The molecule has 8 bridgehead atoms. The van der Waals surface area contributed by atoms with Gasteiger partial charge in [-0.25, -0.2) is 18.7 Å². The quantitative estimate of drug-likeness (QED) is 0.0939. The zero-order valence-electron chi connectivity index (χ0n) is 38.2. The Bertz CT molecular complexity index is 2390. The van der Waals surface area contributed by atoms with E-state index in [2.05, 4.69) is 16.5 Å². The van der Waals surface area contributed by atoms with Crippen LogP contribution in [0.5, 0.6) is 0 Å². The summed E-state index contributed by atoms with van der Waals surface area (Å²) in [6, 6.07) is 9.89. The van der Waals surface area contributed by atoms with Crippen molar-refractivity contribution in [2.45, 2.75) is 145 Å². The van der Waals surface area contributed by atoms with Crippen LogP contribution in [0.25, 0.3) is 22.5 Å². The van der Waals surface area contributed by atoms with Gasteiger partial charge in [-0.15, -0.1) is 6.58 Å². The van der Waals surface area contributed by atoms with Crippen LogP contribution >= 0.6 is 0 Å². The molecule has 0 amide bonds. The molecule has 8 aliphatic carbocycles. The molecule has 8 atom stereocenters. The van der Waals surface area contributed by atoms with E-state index >= 15 is 0 Å². The van der Waals surface area contributed by atoms with Crippen LogP contribution in [0.15, 0.2) is 74.1 Å². The van der Waals surface area contributed by atoms with Gasteiger partial charge in [-0.3, -0.25) is 0 Å². The van der Waals surface area contributed by atoms with E-state index in [1.807, 2.05) is 27.3 Å². The first kappa shape index (κ1) is 44.7. The van der Waals surface area contributed by atoms with Crippen molar-refractivity contribution < 1.29 is 39.1 Å². The third-order valence-electron chi connectivity index (χ3n) is 19.0. The molecule has 8 unspecified atom stereocenters. The summed E-state index contributed by atoms with van der Waals surface area (Å²) in [6.45, 7) is 5.98. The summed E-state index contributed by atoms with van der Waals surface area (Å²) in [5.74, 6) is 1.55. The second-order valence-electron chi connectivity index (χ2n) is 22.3. The molecule has 4 aromatic rings. The summed E-state index contributed by atoms with van der Waals surface area (Å²) in [5.41, 5.74) is 3.22. The van der Waals surface area contributed by atoms with E-state index < -0.39 is 23.4 Å². The molecule has 0 spiro atoms. The van der Waals surface area contributed by atoms with E-state index in [4.69, 9.17) is 4.74 Å². The van der Waals surface area contributed by atoms with E-state index in [1.165, 1.54) is 25.0 Å². The van der Waals surface area contributed by atoms with Crippen LogP contribution in [0, 0.1) is 58.0 Å². The highest BCUT2D eigenvalue weighted by molar-refractivity contribution is 5.70. The molecule has 354 valence electrons. The number of aromatic nitrogens is 4. The number of rotatable bonds is 11. The molecule has 9 fully saturated rings. The van der Waals surface area contributed by atoms with Crippen LogP contribution < -0.4 is 0 Å². The number of imidazole rings is 2. The molecule has 3 aliphatic heterocycles. The minimum atomic E-state index is -0.702. The molecule has 1 saturated heterocycles. The van der Waals surface area contributed by atoms with Gasteiger partial charge in [0.05, 0.1) is 71.9 Å². The molecule has 5 heterocycles. The maximum absolute atomic E-state index is 14.8. The molecule has 11 aliphatic rings. The second kappa shape index (κ2) is 17.0. The van der Waals surface area contributed by atoms with Gasteiger partial charge in [0.15, 0.2) is 0 Å². The Morgan fingerprint density at radius 3 is 1.56 bits per heavy atom. The number of halogens is 2. The topological polar surface area (TPSA) is 146 Å². The van der Waals surface area contributed by atoms with Crippen molar-refractivity contribution in [2.75, 3.05) is 19.8 Å². The highest BCUT2D eigenvalue weighted by Gasteiger charge is 2.64. The number of benzene rings is 2. The van der Waals surface area contributed by atoms with Gasteiger partial charge in [0.25, 0.3) is 0 Å². The minimum Gasteiger partial charge on any atom is -0.396 e. The van der Waals surface area contributed by atoms with Crippen molar-refractivity contribution >= 4 is 0 Å². The molecule has 66 heavy (non-hydrogen) atoms. The van der Waals surface area contributed by atoms with Crippen molar-refractivity contribution in [3.8, 4) is 22.5 Å². The van der Waals surface area contributed by atoms with Gasteiger partial charge in [-0.05, 0) is 168 Å². The number of aliphatic hydroxyl groups is 5. The highest BCUT2D eigenvalue weighted by atomic mass is 19.1. The summed E-state index contributed by atoms with van der Waals surface area (Å²) < 4.78 is 38.6. The van der Waals surface area contributed by atoms with Crippen LogP contribution in [-0.2, 0) is 4.74 Å². The normalized spacial score (nSPS) is 37.6. The fourth-order valence-corrected chi connectivity index (χ4v) is 16.3. The fourth-order valence-electron chi connectivity index (χ4n) is 16.3. The largest absolute Gasteiger partial charge is 0.396 e. The Labute approximate surface area is 387 Å². The number of fused-ring (bicyclic) bond motifs is 6. The monoisotopic (exact) mass is 907 g/mol. The lowest BCUT2D eigenvalue weighted by molar-refractivity contribution is -0.227. The van der Waals surface area contributed by atoms with Crippen molar-refractivity contribution in [2.24, 2.45) is 46.3 Å². The third-order valence-corrected chi connectivity index (χ3v) is 19.0. The molecular weight excluding hydrogens is 839 g/mol. The molecule has 2 aromatic carbocycles. The van der Waals surface area contributed by atoms with Gasteiger partial charge in [-0.2, -0.15) is 0 Å². The van der Waals surface area contributed by atoms with Crippen molar-refractivity contribution in [1.29, 1.82) is 0 Å². The predicted octanol–water partition coefficient (Wildman–Crippen LogP) is 8.95. The van der Waals surface area contributed by atoms with E-state index in [0.29, 0.717) is 55.1 Å². The number of hydrogen-bond donors (Lipinski definition) is 5. The zero-order chi connectivity index (χ0) is 45.6. The van der Waals surface area contributed by atoms with Crippen LogP contribution in [0.4, 0.5) is 8.78 Å². The molecule has 10 nitrogen and oxygen atoms in total. The Balaban J connectivity index is 0.000000132.